The van der Waals surface area contributed by atoms with Gasteiger partial charge >= 0.3 is 0 Å². The topological polar surface area (TPSA) is 3.24 Å². The normalized spacial score (nSPS) is 26.8. The maximum absolute atomic E-state index is 11.6. The minimum absolute atomic E-state index is 0.417. The van der Waals surface area contributed by atoms with Gasteiger partial charge in [0.15, 0.2) is 7.98 Å². The quantitative estimate of drug-likeness (QED) is 0.366. The van der Waals surface area contributed by atoms with Crippen molar-refractivity contribution in [3.8, 4) is 0 Å². The van der Waals surface area contributed by atoms with Crippen LogP contribution in [0.25, 0.3) is 0 Å². The molecule has 1 nitrogen and oxygen atoms in total. The summed E-state index contributed by atoms with van der Waals surface area (Å²) < 4.78 is 11.6. The zero-order valence-electron chi connectivity index (χ0n) is 3.39. The van der Waals surface area contributed by atoms with E-state index in [1.165, 1.54) is 4.81 Å². The molecule has 3 heteroatoms. The first-order valence-corrected chi connectivity index (χ1v) is 1.93. The molecule has 1 saturated heterocycles. The molecule has 0 amide bonds. The molecule has 0 spiro atoms. The van der Waals surface area contributed by atoms with E-state index in [4.69, 9.17) is 7.98 Å². The SMILES string of the molecule is [B]N1CC(F)C1. The largest absolute Gasteiger partial charge is 0.349 e. The van der Waals surface area contributed by atoms with Crippen molar-refractivity contribution in [2.24, 2.45) is 0 Å². The van der Waals surface area contributed by atoms with Gasteiger partial charge in [-0.25, -0.2) is 4.39 Å². The van der Waals surface area contributed by atoms with Crippen LogP contribution < -0.4 is 0 Å². The van der Waals surface area contributed by atoms with Gasteiger partial charge in [-0.15, -0.1) is 0 Å². The summed E-state index contributed by atoms with van der Waals surface area (Å²) in [4.78, 5) is 1.45. The average Bonchev–Trinajstić information content (AvgIpc) is 1.33. The van der Waals surface area contributed by atoms with E-state index in [0.29, 0.717) is 13.1 Å². The fourth-order valence-electron chi connectivity index (χ4n) is 0.455. The molecule has 1 rings (SSSR count). The molecule has 0 aromatic rings. The summed E-state index contributed by atoms with van der Waals surface area (Å²) >= 11 is 0. The Morgan fingerprint density at radius 3 is 2.17 bits per heavy atom. The maximum Gasteiger partial charge on any atom is 0.182 e. The summed E-state index contributed by atoms with van der Waals surface area (Å²) in [5, 5.41) is 0. The summed E-state index contributed by atoms with van der Waals surface area (Å²) in [6.45, 7) is 0.833. The Balaban J connectivity index is 2.11. The molecule has 32 valence electrons. The van der Waals surface area contributed by atoms with Gasteiger partial charge in [-0.05, 0) is 0 Å². The van der Waals surface area contributed by atoms with E-state index < -0.39 is 6.17 Å². The van der Waals surface area contributed by atoms with Crippen molar-refractivity contribution in [1.29, 1.82) is 0 Å². The fourth-order valence-corrected chi connectivity index (χ4v) is 0.455. The molecule has 1 heterocycles. The molecule has 0 aromatic carbocycles. The number of halogens is 1. The van der Waals surface area contributed by atoms with E-state index in [9.17, 15) is 4.39 Å². The third-order valence-electron chi connectivity index (χ3n) is 0.865. The summed E-state index contributed by atoms with van der Waals surface area (Å²) in [6.07, 6.45) is -0.657. The molecular weight excluding hydrogens is 79.8 g/mol. The predicted octanol–water partition coefficient (Wildman–Crippen LogP) is -0.276. The molecule has 1 aliphatic heterocycles. The average molecular weight is 84.9 g/mol. The lowest BCUT2D eigenvalue weighted by Crippen LogP contribution is -2.46. The monoisotopic (exact) mass is 85.0 g/mol. The van der Waals surface area contributed by atoms with Crippen LogP contribution in [-0.2, 0) is 0 Å². The second kappa shape index (κ2) is 1.22. The molecular formula is C3H5BFN. The molecule has 0 saturated carbocycles. The van der Waals surface area contributed by atoms with Crippen molar-refractivity contribution in [3.05, 3.63) is 0 Å². The summed E-state index contributed by atoms with van der Waals surface area (Å²) in [6, 6.07) is 0. The van der Waals surface area contributed by atoms with Gasteiger partial charge in [0.05, 0.1) is 0 Å². The van der Waals surface area contributed by atoms with Gasteiger partial charge in [0.25, 0.3) is 0 Å². The molecule has 0 aliphatic carbocycles. The second-order valence-electron chi connectivity index (χ2n) is 1.55. The highest BCUT2D eigenvalue weighted by Gasteiger charge is 2.20. The summed E-state index contributed by atoms with van der Waals surface area (Å²) in [5.41, 5.74) is 0. The third kappa shape index (κ3) is 0.546. The Hall–Kier alpha value is -0.0451. The number of rotatable bonds is 0. The minimum atomic E-state index is -0.657. The zero-order valence-corrected chi connectivity index (χ0v) is 3.39. The van der Waals surface area contributed by atoms with Crippen LogP contribution in [0.1, 0.15) is 0 Å². The fraction of sp³-hybridized carbons (Fsp3) is 1.00. The van der Waals surface area contributed by atoms with E-state index >= 15 is 0 Å². The first-order chi connectivity index (χ1) is 2.79. The highest BCUT2D eigenvalue weighted by molar-refractivity contribution is 6.04. The highest BCUT2D eigenvalue weighted by Crippen LogP contribution is 2.05. The lowest BCUT2D eigenvalue weighted by atomic mass is 10.1. The Kier molecular flexibility index (Phi) is 0.842. The molecule has 0 atom stereocenters. The van der Waals surface area contributed by atoms with Crippen molar-refractivity contribution < 1.29 is 4.39 Å². The maximum atomic E-state index is 11.6. The van der Waals surface area contributed by atoms with Crippen LogP contribution in [0.2, 0.25) is 0 Å². The third-order valence-corrected chi connectivity index (χ3v) is 0.865. The molecule has 0 aromatic heterocycles. The van der Waals surface area contributed by atoms with Gasteiger partial charge in [0.2, 0.25) is 0 Å². The Morgan fingerprint density at radius 2 is 2.17 bits per heavy atom. The van der Waals surface area contributed by atoms with Crippen LogP contribution in [-0.4, -0.2) is 32.1 Å². The van der Waals surface area contributed by atoms with Gasteiger partial charge < -0.3 is 4.81 Å². The predicted molar refractivity (Wildman–Crippen MR) is 22.2 cm³/mol. The first kappa shape index (κ1) is 4.12. The molecule has 2 radical (unpaired) electrons. The number of hydrogen-bond acceptors (Lipinski definition) is 1. The van der Waals surface area contributed by atoms with Crippen molar-refractivity contribution in [1.82, 2.24) is 4.81 Å². The Labute approximate surface area is 37.6 Å². The van der Waals surface area contributed by atoms with Crippen LogP contribution >= 0.6 is 0 Å². The van der Waals surface area contributed by atoms with Crippen LogP contribution in [0.4, 0.5) is 4.39 Å². The van der Waals surface area contributed by atoms with E-state index in [1.54, 1.807) is 0 Å². The van der Waals surface area contributed by atoms with Crippen molar-refractivity contribution in [2.45, 2.75) is 6.17 Å². The zero-order chi connectivity index (χ0) is 4.57. The number of nitrogens with zero attached hydrogens (tertiary/aromatic N) is 1. The second-order valence-corrected chi connectivity index (χ2v) is 1.55. The van der Waals surface area contributed by atoms with E-state index in [-0.39, 0.29) is 0 Å². The molecule has 0 N–H and O–H groups in total. The van der Waals surface area contributed by atoms with Gasteiger partial charge in [-0.1, -0.05) is 0 Å². The molecule has 0 unspecified atom stereocenters. The van der Waals surface area contributed by atoms with Crippen LogP contribution in [0.5, 0.6) is 0 Å². The van der Waals surface area contributed by atoms with Crippen LogP contribution in [0, 0.1) is 0 Å². The van der Waals surface area contributed by atoms with Gasteiger partial charge in [-0.2, -0.15) is 0 Å². The van der Waals surface area contributed by atoms with Gasteiger partial charge in [-0.3, -0.25) is 0 Å². The lowest BCUT2D eigenvalue weighted by molar-refractivity contribution is 0.145. The molecule has 1 fully saturated rings. The van der Waals surface area contributed by atoms with E-state index in [1.807, 2.05) is 0 Å². The lowest BCUT2D eigenvalue weighted by Gasteiger charge is -2.30. The Morgan fingerprint density at radius 1 is 1.67 bits per heavy atom. The summed E-state index contributed by atoms with van der Waals surface area (Å²) in [5.74, 6) is 0. The van der Waals surface area contributed by atoms with Crippen molar-refractivity contribution >= 4 is 7.98 Å². The molecule has 6 heavy (non-hydrogen) atoms. The minimum Gasteiger partial charge on any atom is -0.349 e. The number of hydrogen-bond donors (Lipinski definition) is 0. The Bertz CT molecular complexity index is 46.8. The van der Waals surface area contributed by atoms with E-state index in [0.717, 1.165) is 0 Å². The standard InChI is InChI=1S/C3H5BFN/c4-6-1-3(5)2-6/h3H,1-2H2. The van der Waals surface area contributed by atoms with Crippen molar-refractivity contribution in [3.63, 3.8) is 0 Å². The van der Waals surface area contributed by atoms with Gasteiger partial charge in [0.1, 0.15) is 6.17 Å². The van der Waals surface area contributed by atoms with E-state index in [2.05, 4.69) is 0 Å². The first-order valence-electron chi connectivity index (χ1n) is 1.93. The smallest absolute Gasteiger partial charge is 0.182 e. The van der Waals surface area contributed by atoms with Crippen LogP contribution in [0.3, 0.4) is 0 Å². The molecule has 0 bridgehead atoms. The van der Waals surface area contributed by atoms with Crippen molar-refractivity contribution in [2.75, 3.05) is 13.1 Å². The molecule has 1 aliphatic rings. The highest BCUT2D eigenvalue weighted by atomic mass is 19.1. The number of alkyl halides is 1. The van der Waals surface area contributed by atoms with Crippen LogP contribution in [0.15, 0.2) is 0 Å². The van der Waals surface area contributed by atoms with Gasteiger partial charge in [0, 0.05) is 13.1 Å². The summed E-state index contributed by atoms with van der Waals surface area (Å²) in [7, 11) is 5.06.